The Kier molecular flexibility index (Phi) is 3.64. The van der Waals surface area contributed by atoms with E-state index in [0.29, 0.717) is 18.1 Å². The van der Waals surface area contributed by atoms with Crippen LogP contribution in [0.25, 0.3) is 6.08 Å². The standard InChI is InChI=1S/C14H15F3O/c1-2-11-6-7-12(14(15,16)17)8-13(11)18-9-10-4-3-5-10/h2,6-8,10H,1,3-5,9H2. The van der Waals surface area contributed by atoms with E-state index in [4.69, 9.17) is 4.74 Å². The molecule has 1 fully saturated rings. The lowest BCUT2D eigenvalue weighted by Gasteiger charge is -2.25. The van der Waals surface area contributed by atoms with Crippen LogP contribution >= 0.6 is 0 Å². The summed E-state index contributed by atoms with van der Waals surface area (Å²) in [6, 6.07) is 3.49. The second-order valence-corrected chi connectivity index (χ2v) is 4.56. The first-order valence-electron chi connectivity index (χ1n) is 5.97. The molecule has 0 N–H and O–H groups in total. The fraction of sp³-hybridized carbons (Fsp3) is 0.429. The third-order valence-corrected chi connectivity index (χ3v) is 3.26. The molecule has 1 aromatic rings. The summed E-state index contributed by atoms with van der Waals surface area (Å²) in [6.45, 7) is 4.07. The van der Waals surface area contributed by atoms with Crippen LogP contribution in [0, 0.1) is 5.92 Å². The zero-order chi connectivity index (χ0) is 13.2. The molecule has 0 saturated heterocycles. The van der Waals surface area contributed by atoms with E-state index >= 15 is 0 Å². The Labute approximate surface area is 104 Å². The number of ether oxygens (including phenoxy) is 1. The smallest absolute Gasteiger partial charge is 0.416 e. The topological polar surface area (TPSA) is 9.23 Å². The first-order valence-corrected chi connectivity index (χ1v) is 5.97. The third-order valence-electron chi connectivity index (χ3n) is 3.26. The summed E-state index contributed by atoms with van der Waals surface area (Å²) in [6.07, 6.45) is 0.556. The Morgan fingerprint density at radius 2 is 2.06 bits per heavy atom. The lowest BCUT2D eigenvalue weighted by atomic mass is 9.86. The van der Waals surface area contributed by atoms with Crippen LogP contribution in [-0.2, 0) is 6.18 Å². The van der Waals surface area contributed by atoms with E-state index in [1.807, 2.05) is 0 Å². The summed E-state index contributed by atoms with van der Waals surface area (Å²) in [5, 5.41) is 0. The largest absolute Gasteiger partial charge is 0.493 e. The zero-order valence-corrected chi connectivity index (χ0v) is 9.96. The summed E-state index contributed by atoms with van der Waals surface area (Å²) < 4.78 is 43.3. The van der Waals surface area contributed by atoms with Crippen LogP contribution < -0.4 is 4.74 Å². The first-order chi connectivity index (χ1) is 8.50. The number of benzene rings is 1. The van der Waals surface area contributed by atoms with Gasteiger partial charge in [0.2, 0.25) is 0 Å². The van der Waals surface area contributed by atoms with Gasteiger partial charge in [-0.2, -0.15) is 13.2 Å². The molecule has 0 radical (unpaired) electrons. The molecule has 0 aliphatic heterocycles. The summed E-state index contributed by atoms with van der Waals surface area (Å²) >= 11 is 0. The van der Waals surface area contributed by atoms with Crippen LogP contribution in [0.3, 0.4) is 0 Å². The van der Waals surface area contributed by atoms with E-state index < -0.39 is 11.7 Å². The van der Waals surface area contributed by atoms with Gasteiger partial charge in [0.15, 0.2) is 0 Å². The molecule has 98 valence electrons. The molecule has 1 nitrogen and oxygen atoms in total. The predicted octanol–water partition coefficient (Wildman–Crippen LogP) is 4.53. The lowest BCUT2D eigenvalue weighted by Crippen LogP contribution is -2.19. The van der Waals surface area contributed by atoms with Crippen molar-refractivity contribution in [1.82, 2.24) is 0 Å². The molecule has 0 aromatic heterocycles. The maximum atomic E-state index is 12.6. The van der Waals surface area contributed by atoms with Crippen LogP contribution in [0.2, 0.25) is 0 Å². The zero-order valence-electron chi connectivity index (χ0n) is 9.96. The minimum atomic E-state index is -4.34. The van der Waals surface area contributed by atoms with Gasteiger partial charge in [0.25, 0.3) is 0 Å². The van der Waals surface area contributed by atoms with Gasteiger partial charge in [-0.05, 0) is 30.9 Å². The molecule has 0 unspecified atom stereocenters. The number of rotatable bonds is 4. The molecule has 1 saturated carbocycles. The summed E-state index contributed by atoms with van der Waals surface area (Å²) in [7, 11) is 0. The average Bonchev–Trinajstić information content (AvgIpc) is 2.25. The Hall–Kier alpha value is -1.45. The Morgan fingerprint density at radius 1 is 1.33 bits per heavy atom. The van der Waals surface area contributed by atoms with E-state index in [0.717, 1.165) is 25.0 Å². The summed E-state index contributed by atoms with van der Waals surface area (Å²) in [5.41, 5.74) is -0.0842. The second-order valence-electron chi connectivity index (χ2n) is 4.56. The van der Waals surface area contributed by atoms with Gasteiger partial charge in [0, 0.05) is 5.56 Å². The Morgan fingerprint density at radius 3 is 2.56 bits per heavy atom. The molecule has 0 bridgehead atoms. The van der Waals surface area contributed by atoms with Crippen molar-refractivity contribution in [3.8, 4) is 5.75 Å². The van der Waals surface area contributed by atoms with Crippen molar-refractivity contribution in [3.63, 3.8) is 0 Å². The quantitative estimate of drug-likeness (QED) is 0.769. The minimum absolute atomic E-state index is 0.270. The minimum Gasteiger partial charge on any atom is -0.493 e. The van der Waals surface area contributed by atoms with E-state index in [9.17, 15) is 13.2 Å². The molecule has 2 rings (SSSR count). The molecular weight excluding hydrogens is 241 g/mol. The van der Waals surface area contributed by atoms with E-state index in [1.54, 1.807) is 0 Å². The van der Waals surface area contributed by atoms with Gasteiger partial charge in [-0.3, -0.25) is 0 Å². The predicted molar refractivity (Wildman–Crippen MR) is 64.4 cm³/mol. The number of hydrogen-bond donors (Lipinski definition) is 0. The molecule has 1 aliphatic carbocycles. The first kappa shape index (κ1) is 13.0. The second kappa shape index (κ2) is 5.04. The van der Waals surface area contributed by atoms with Crippen LogP contribution in [0.15, 0.2) is 24.8 Å². The van der Waals surface area contributed by atoms with Crippen LogP contribution in [0.4, 0.5) is 13.2 Å². The van der Waals surface area contributed by atoms with Crippen molar-refractivity contribution >= 4 is 6.08 Å². The molecule has 4 heteroatoms. The van der Waals surface area contributed by atoms with E-state index in [1.165, 1.54) is 18.6 Å². The fourth-order valence-corrected chi connectivity index (χ4v) is 1.87. The normalized spacial score (nSPS) is 16.2. The highest BCUT2D eigenvalue weighted by Crippen LogP contribution is 2.34. The SMILES string of the molecule is C=Cc1ccc(C(F)(F)F)cc1OCC1CCC1. The molecule has 18 heavy (non-hydrogen) atoms. The maximum absolute atomic E-state index is 12.6. The van der Waals surface area contributed by atoms with Crippen molar-refractivity contribution in [2.45, 2.75) is 25.4 Å². The van der Waals surface area contributed by atoms with Gasteiger partial charge in [-0.15, -0.1) is 0 Å². The van der Waals surface area contributed by atoms with Crippen LogP contribution in [0.1, 0.15) is 30.4 Å². The highest BCUT2D eigenvalue weighted by atomic mass is 19.4. The molecule has 1 aromatic carbocycles. The van der Waals surface area contributed by atoms with Gasteiger partial charge < -0.3 is 4.74 Å². The average molecular weight is 256 g/mol. The Balaban J connectivity index is 2.16. The monoisotopic (exact) mass is 256 g/mol. The molecular formula is C14H15F3O. The number of alkyl halides is 3. The van der Waals surface area contributed by atoms with Crippen molar-refractivity contribution in [3.05, 3.63) is 35.9 Å². The number of halogens is 3. The molecule has 0 atom stereocenters. The van der Waals surface area contributed by atoms with Crippen LogP contribution in [0.5, 0.6) is 5.75 Å². The van der Waals surface area contributed by atoms with Gasteiger partial charge in [-0.25, -0.2) is 0 Å². The van der Waals surface area contributed by atoms with Crippen molar-refractivity contribution < 1.29 is 17.9 Å². The number of hydrogen-bond acceptors (Lipinski definition) is 1. The van der Waals surface area contributed by atoms with Gasteiger partial charge >= 0.3 is 6.18 Å². The van der Waals surface area contributed by atoms with E-state index in [2.05, 4.69) is 6.58 Å². The molecule has 1 aliphatic rings. The van der Waals surface area contributed by atoms with Crippen molar-refractivity contribution in [2.24, 2.45) is 5.92 Å². The highest BCUT2D eigenvalue weighted by molar-refractivity contribution is 5.56. The Bertz CT molecular complexity index is 433. The van der Waals surface area contributed by atoms with Gasteiger partial charge in [-0.1, -0.05) is 25.1 Å². The molecule has 0 heterocycles. The molecule has 0 amide bonds. The van der Waals surface area contributed by atoms with Crippen molar-refractivity contribution in [1.29, 1.82) is 0 Å². The van der Waals surface area contributed by atoms with Crippen LogP contribution in [-0.4, -0.2) is 6.61 Å². The maximum Gasteiger partial charge on any atom is 0.416 e. The van der Waals surface area contributed by atoms with Gasteiger partial charge in [0.05, 0.1) is 12.2 Å². The van der Waals surface area contributed by atoms with Crippen molar-refractivity contribution in [2.75, 3.05) is 6.61 Å². The van der Waals surface area contributed by atoms with Gasteiger partial charge in [0.1, 0.15) is 5.75 Å². The summed E-state index contributed by atoms with van der Waals surface area (Å²) in [4.78, 5) is 0. The highest BCUT2D eigenvalue weighted by Gasteiger charge is 2.31. The summed E-state index contributed by atoms with van der Waals surface area (Å²) in [5.74, 6) is 0.754. The lowest BCUT2D eigenvalue weighted by molar-refractivity contribution is -0.137. The fourth-order valence-electron chi connectivity index (χ4n) is 1.87. The third kappa shape index (κ3) is 2.86. The van der Waals surface area contributed by atoms with E-state index in [-0.39, 0.29) is 5.75 Å². The molecule has 0 spiro atoms.